The van der Waals surface area contributed by atoms with Crippen molar-refractivity contribution in [2.45, 2.75) is 13.3 Å². The Hall–Kier alpha value is -2.01. The third-order valence-electron chi connectivity index (χ3n) is 3.13. The lowest BCUT2D eigenvalue weighted by molar-refractivity contribution is 0.833. The molecule has 0 atom stereocenters. The Morgan fingerprint density at radius 1 is 1.22 bits per heavy atom. The predicted molar refractivity (Wildman–Crippen MR) is 72.2 cm³/mol. The van der Waals surface area contributed by atoms with E-state index in [0.29, 0.717) is 0 Å². The Bertz CT molecular complexity index is 830. The van der Waals surface area contributed by atoms with E-state index in [4.69, 9.17) is 5.10 Å². The summed E-state index contributed by atoms with van der Waals surface area (Å²) in [6, 6.07) is 10.5. The van der Waals surface area contributed by atoms with Crippen molar-refractivity contribution in [1.82, 2.24) is 19.8 Å². The van der Waals surface area contributed by atoms with Crippen LogP contribution in [0, 0.1) is 0 Å². The number of fused-ring (bicyclic) bond motifs is 4. The minimum absolute atomic E-state index is 0.838. The molecule has 0 saturated heterocycles. The highest BCUT2D eigenvalue weighted by atomic mass is 32.1. The van der Waals surface area contributed by atoms with Crippen LogP contribution in [-0.2, 0) is 6.42 Å². The van der Waals surface area contributed by atoms with Crippen molar-refractivity contribution in [2.24, 2.45) is 0 Å². The Labute approximate surface area is 107 Å². The smallest absolute Gasteiger partial charge is 0.188 e. The van der Waals surface area contributed by atoms with Gasteiger partial charge in [-0.25, -0.2) is 0 Å². The first-order valence-corrected chi connectivity index (χ1v) is 6.71. The molecule has 2 aliphatic rings. The molecule has 5 heteroatoms. The normalized spacial score (nSPS) is 11.8. The monoisotopic (exact) mass is 254 g/mol. The van der Waals surface area contributed by atoms with Crippen molar-refractivity contribution in [3.63, 3.8) is 0 Å². The van der Waals surface area contributed by atoms with E-state index >= 15 is 0 Å². The summed E-state index contributed by atoms with van der Waals surface area (Å²) in [6.45, 7) is 2.07. The molecular formula is C13H10N4S. The molecule has 1 aromatic carbocycles. The molecule has 0 N–H and O–H groups in total. The third-order valence-corrected chi connectivity index (χ3v) is 4.10. The first-order valence-electron chi connectivity index (χ1n) is 5.89. The quantitative estimate of drug-likeness (QED) is 0.524. The van der Waals surface area contributed by atoms with Crippen molar-refractivity contribution in [1.29, 1.82) is 0 Å². The van der Waals surface area contributed by atoms with E-state index in [2.05, 4.69) is 41.4 Å². The number of benzene rings is 1. The molecule has 2 heterocycles. The van der Waals surface area contributed by atoms with E-state index in [1.165, 1.54) is 15.6 Å². The van der Waals surface area contributed by atoms with Crippen molar-refractivity contribution in [3.8, 4) is 10.6 Å². The fraction of sp³-hybridized carbons (Fsp3) is 0.154. The highest BCUT2D eigenvalue weighted by Crippen LogP contribution is 2.36. The number of hydrogen-bond acceptors (Lipinski definition) is 4. The van der Waals surface area contributed by atoms with E-state index in [0.717, 1.165) is 22.9 Å². The minimum atomic E-state index is 0.838. The summed E-state index contributed by atoms with van der Waals surface area (Å²) in [7, 11) is 0. The van der Waals surface area contributed by atoms with Gasteiger partial charge in [0, 0.05) is 11.8 Å². The van der Waals surface area contributed by atoms with Crippen LogP contribution in [0.1, 0.15) is 12.7 Å². The van der Waals surface area contributed by atoms with Crippen LogP contribution in [-0.4, -0.2) is 19.8 Å². The Balaban J connectivity index is 2.19. The lowest BCUT2D eigenvalue weighted by Crippen LogP contribution is -1.97. The molecule has 2 aromatic rings. The molecule has 0 radical (unpaired) electrons. The second-order valence-corrected chi connectivity index (χ2v) is 5.22. The maximum absolute atomic E-state index is 4.70. The van der Waals surface area contributed by atoms with Gasteiger partial charge in [-0.2, -0.15) is 9.61 Å². The molecule has 4 rings (SSSR count). The summed E-state index contributed by atoms with van der Waals surface area (Å²) in [5.41, 5.74) is 1.04. The molecule has 4 nitrogen and oxygen atoms in total. The number of hydrogen-bond donors (Lipinski definition) is 0. The standard InChI is InChI=1S/C13H10N4S/c1-2-11-14-15-13-17(11)16-12-9-6-4-3-5-8(9)7-10(12)18-13/h3-7H,2H2,1H3. The second-order valence-electron chi connectivity index (χ2n) is 4.21. The van der Waals surface area contributed by atoms with Gasteiger partial charge in [0.25, 0.3) is 0 Å². The van der Waals surface area contributed by atoms with Crippen LogP contribution < -0.4 is 0 Å². The number of aryl methyl sites for hydroxylation is 1. The Morgan fingerprint density at radius 3 is 3.00 bits per heavy atom. The van der Waals surface area contributed by atoms with Crippen molar-refractivity contribution in [2.75, 3.05) is 0 Å². The predicted octanol–water partition coefficient (Wildman–Crippen LogP) is 3.01. The van der Waals surface area contributed by atoms with Crippen LogP contribution in [0.2, 0.25) is 0 Å². The van der Waals surface area contributed by atoms with E-state index in [1.54, 1.807) is 11.3 Å². The average Bonchev–Trinajstić information content (AvgIpc) is 2.96. The highest BCUT2D eigenvalue weighted by Gasteiger charge is 2.16. The molecule has 0 fully saturated rings. The van der Waals surface area contributed by atoms with Crippen LogP contribution in [0.25, 0.3) is 26.3 Å². The van der Waals surface area contributed by atoms with Crippen LogP contribution in [0.4, 0.5) is 0 Å². The van der Waals surface area contributed by atoms with Gasteiger partial charge in [0.2, 0.25) is 4.96 Å². The fourth-order valence-electron chi connectivity index (χ4n) is 2.24. The van der Waals surface area contributed by atoms with Crippen LogP contribution in [0.3, 0.4) is 0 Å². The lowest BCUT2D eigenvalue weighted by atomic mass is 10.2. The van der Waals surface area contributed by atoms with Gasteiger partial charge in [0.05, 0.1) is 4.88 Å². The molecular weight excluding hydrogens is 244 g/mol. The average molecular weight is 254 g/mol. The second kappa shape index (κ2) is 3.49. The number of rotatable bonds is 1. The molecule has 0 amide bonds. The molecule has 88 valence electrons. The summed E-state index contributed by atoms with van der Waals surface area (Å²) >= 11 is 1.64. The molecule has 1 aliphatic heterocycles. The van der Waals surface area contributed by atoms with Crippen LogP contribution >= 0.6 is 11.3 Å². The van der Waals surface area contributed by atoms with Crippen molar-refractivity contribution < 1.29 is 0 Å². The third kappa shape index (κ3) is 1.22. The molecule has 18 heavy (non-hydrogen) atoms. The largest absolute Gasteiger partial charge is 0.233 e. The lowest BCUT2D eigenvalue weighted by Gasteiger charge is -2.00. The first kappa shape index (κ1) is 9.96. The van der Waals surface area contributed by atoms with E-state index in [9.17, 15) is 0 Å². The Kier molecular flexibility index (Phi) is 1.93. The van der Waals surface area contributed by atoms with Gasteiger partial charge in [-0.15, -0.1) is 10.2 Å². The summed E-state index contributed by atoms with van der Waals surface area (Å²) in [6.07, 6.45) is 0.838. The molecule has 0 spiro atoms. The number of nitrogens with zero attached hydrogens (tertiary/aromatic N) is 4. The molecule has 0 saturated carbocycles. The van der Waals surface area contributed by atoms with Gasteiger partial charge >= 0.3 is 0 Å². The summed E-state index contributed by atoms with van der Waals surface area (Å²) < 4.78 is 1.86. The topological polar surface area (TPSA) is 43.1 Å². The van der Waals surface area contributed by atoms with Crippen LogP contribution in [0.15, 0.2) is 30.3 Å². The Morgan fingerprint density at radius 2 is 2.11 bits per heavy atom. The van der Waals surface area contributed by atoms with Gasteiger partial charge in [-0.3, -0.25) is 0 Å². The van der Waals surface area contributed by atoms with Crippen molar-refractivity contribution >= 4 is 27.1 Å². The molecule has 0 bridgehead atoms. The van der Waals surface area contributed by atoms with Gasteiger partial charge in [0.15, 0.2) is 5.82 Å². The summed E-state index contributed by atoms with van der Waals surface area (Å²) in [5, 5.41) is 15.5. The van der Waals surface area contributed by atoms with Gasteiger partial charge in [-0.1, -0.05) is 42.5 Å². The first-order chi connectivity index (χ1) is 8.86. The minimum Gasteiger partial charge on any atom is -0.188 e. The van der Waals surface area contributed by atoms with E-state index in [-0.39, 0.29) is 0 Å². The van der Waals surface area contributed by atoms with Crippen LogP contribution in [0.5, 0.6) is 0 Å². The van der Waals surface area contributed by atoms with Gasteiger partial charge in [0.1, 0.15) is 5.69 Å². The van der Waals surface area contributed by atoms with Gasteiger partial charge < -0.3 is 0 Å². The highest BCUT2D eigenvalue weighted by molar-refractivity contribution is 7.20. The maximum atomic E-state index is 4.70. The maximum Gasteiger partial charge on any atom is 0.233 e. The zero-order valence-corrected chi connectivity index (χ0v) is 10.6. The molecule has 1 aromatic heterocycles. The van der Waals surface area contributed by atoms with Gasteiger partial charge in [-0.05, 0) is 11.5 Å². The molecule has 1 aliphatic carbocycles. The fourth-order valence-corrected chi connectivity index (χ4v) is 3.18. The number of aromatic nitrogens is 4. The summed E-state index contributed by atoms with van der Waals surface area (Å²) in [5.74, 6) is 0.911. The van der Waals surface area contributed by atoms with Crippen molar-refractivity contribution in [3.05, 3.63) is 36.2 Å². The van der Waals surface area contributed by atoms with E-state index < -0.39 is 0 Å². The summed E-state index contributed by atoms with van der Waals surface area (Å²) in [4.78, 5) is 2.02. The molecule has 0 unspecified atom stereocenters. The zero-order chi connectivity index (χ0) is 12.1. The SMILES string of the molecule is CCc1nnc2sc3cc4ccccc4c-3nn12. The zero-order valence-electron chi connectivity index (χ0n) is 9.79. The van der Waals surface area contributed by atoms with E-state index in [1.807, 2.05) is 10.6 Å².